The van der Waals surface area contributed by atoms with E-state index < -0.39 is 22.9 Å². The molecule has 0 aromatic heterocycles. The first-order valence-corrected chi connectivity index (χ1v) is 8.74. The minimum atomic E-state index is -0.960. The first-order chi connectivity index (χ1) is 13.3. The van der Waals surface area contributed by atoms with Crippen molar-refractivity contribution in [3.8, 4) is 11.5 Å². The van der Waals surface area contributed by atoms with Gasteiger partial charge in [0.25, 0.3) is 11.6 Å². The molecule has 1 fully saturated rings. The number of nitro groups is 1. The third-order valence-corrected chi connectivity index (χ3v) is 4.43. The summed E-state index contributed by atoms with van der Waals surface area (Å²) in [7, 11) is 1.64. The van der Waals surface area contributed by atoms with Crippen LogP contribution in [0.15, 0.2) is 12.1 Å². The highest BCUT2D eigenvalue weighted by molar-refractivity contribution is 5.99. The molecule has 0 saturated carbocycles. The largest absolute Gasteiger partial charge is 0.486 e. The molecule has 2 heterocycles. The van der Waals surface area contributed by atoms with Crippen molar-refractivity contribution in [1.82, 2.24) is 9.80 Å². The van der Waals surface area contributed by atoms with E-state index in [2.05, 4.69) is 0 Å². The van der Waals surface area contributed by atoms with Gasteiger partial charge in [0.05, 0.1) is 30.2 Å². The third-order valence-electron chi connectivity index (χ3n) is 4.43. The topological polar surface area (TPSA) is 132 Å². The highest BCUT2D eigenvalue weighted by Crippen LogP contribution is 2.37. The molecular formula is C17H21N3O8. The maximum Gasteiger partial charge on any atom is 0.317 e. The second-order valence-electron chi connectivity index (χ2n) is 6.60. The Bertz CT molecular complexity index is 784. The number of hydrogen-bond donors (Lipinski definition) is 1. The van der Waals surface area contributed by atoms with Gasteiger partial charge in [-0.05, 0) is 7.05 Å². The number of morpholine rings is 1. The summed E-state index contributed by atoms with van der Waals surface area (Å²) in [5, 5.41) is 20.3. The van der Waals surface area contributed by atoms with Gasteiger partial charge in [-0.1, -0.05) is 0 Å². The highest BCUT2D eigenvalue weighted by atomic mass is 16.6. The van der Waals surface area contributed by atoms with Gasteiger partial charge in [0.15, 0.2) is 11.5 Å². The fraction of sp³-hybridized carbons (Fsp3) is 0.529. The molecule has 1 N–H and O–H groups in total. The smallest absolute Gasteiger partial charge is 0.317 e. The van der Waals surface area contributed by atoms with Gasteiger partial charge < -0.3 is 24.2 Å². The van der Waals surface area contributed by atoms with Crippen LogP contribution in [0.4, 0.5) is 5.69 Å². The molecule has 11 nitrogen and oxygen atoms in total. The van der Waals surface area contributed by atoms with E-state index in [-0.39, 0.29) is 49.8 Å². The summed E-state index contributed by atoms with van der Waals surface area (Å²) in [4.78, 5) is 37.7. The normalized spacial score (nSPS) is 18.8. The molecule has 1 amide bonds. The van der Waals surface area contributed by atoms with E-state index in [1.54, 1.807) is 11.9 Å². The van der Waals surface area contributed by atoms with Crippen molar-refractivity contribution in [2.24, 2.45) is 0 Å². The summed E-state index contributed by atoms with van der Waals surface area (Å²) >= 11 is 0. The van der Waals surface area contributed by atoms with Crippen molar-refractivity contribution in [1.29, 1.82) is 0 Å². The van der Waals surface area contributed by atoms with Crippen LogP contribution in [-0.4, -0.2) is 90.9 Å². The van der Waals surface area contributed by atoms with Crippen LogP contribution in [0.25, 0.3) is 0 Å². The van der Waals surface area contributed by atoms with Crippen LogP contribution in [-0.2, 0) is 9.53 Å². The Balaban J connectivity index is 1.77. The van der Waals surface area contributed by atoms with Crippen molar-refractivity contribution in [2.45, 2.75) is 6.10 Å². The molecule has 0 spiro atoms. The molecule has 3 rings (SSSR count). The zero-order valence-corrected chi connectivity index (χ0v) is 15.3. The van der Waals surface area contributed by atoms with E-state index in [0.29, 0.717) is 18.9 Å². The third kappa shape index (κ3) is 4.49. The number of benzene rings is 1. The fourth-order valence-electron chi connectivity index (χ4n) is 3.23. The molecular weight excluding hydrogens is 374 g/mol. The Morgan fingerprint density at radius 2 is 1.96 bits per heavy atom. The number of nitrogens with zero attached hydrogens (tertiary/aromatic N) is 3. The molecule has 1 aromatic rings. The maximum absolute atomic E-state index is 13.0. The van der Waals surface area contributed by atoms with Crippen molar-refractivity contribution < 1.29 is 33.8 Å². The van der Waals surface area contributed by atoms with Crippen LogP contribution in [0, 0.1) is 10.1 Å². The lowest BCUT2D eigenvalue weighted by molar-refractivity contribution is -0.385. The van der Waals surface area contributed by atoms with Gasteiger partial charge in [0.2, 0.25) is 0 Å². The summed E-state index contributed by atoms with van der Waals surface area (Å²) in [5.41, 5.74) is -0.422. The van der Waals surface area contributed by atoms with Crippen molar-refractivity contribution >= 4 is 17.6 Å². The van der Waals surface area contributed by atoms with Gasteiger partial charge in [0, 0.05) is 25.7 Å². The number of carboxylic acid groups (broad SMARTS) is 1. The average molecular weight is 395 g/mol. The number of fused-ring (bicyclic) bond motifs is 1. The minimum absolute atomic E-state index is 0.0752. The lowest BCUT2D eigenvalue weighted by Gasteiger charge is -2.34. The summed E-state index contributed by atoms with van der Waals surface area (Å²) in [5.74, 6) is -0.924. The summed E-state index contributed by atoms with van der Waals surface area (Å²) in [6.07, 6.45) is -0.390. The first-order valence-electron chi connectivity index (χ1n) is 8.74. The number of hydrogen-bond acceptors (Lipinski definition) is 8. The number of amides is 1. The number of likely N-dealkylation sites (N-methyl/N-ethyl adjacent to an activating group) is 1. The van der Waals surface area contributed by atoms with Crippen LogP contribution in [0.5, 0.6) is 11.5 Å². The Morgan fingerprint density at radius 3 is 2.61 bits per heavy atom. The van der Waals surface area contributed by atoms with Crippen LogP contribution in [0.2, 0.25) is 0 Å². The number of ether oxygens (including phenoxy) is 3. The second-order valence-corrected chi connectivity index (χ2v) is 6.60. The summed E-state index contributed by atoms with van der Waals surface area (Å²) in [6, 6.07) is 2.55. The van der Waals surface area contributed by atoms with Gasteiger partial charge in [-0.25, -0.2) is 0 Å². The second kappa shape index (κ2) is 8.40. The molecule has 1 aromatic carbocycles. The lowest BCUT2D eigenvalue weighted by Crippen LogP contribution is -2.49. The van der Waals surface area contributed by atoms with Gasteiger partial charge in [-0.3, -0.25) is 24.6 Å². The van der Waals surface area contributed by atoms with E-state index in [1.165, 1.54) is 17.0 Å². The van der Waals surface area contributed by atoms with Gasteiger partial charge in [-0.15, -0.1) is 0 Å². The zero-order valence-electron chi connectivity index (χ0n) is 15.3. The Morgan fingerprint density at radius 1 is 1.29 bits per heavy atom. The molecule has 0 aliphatic carbocycles. The van der Waals surface area contributed by atoms with E-state index in [0.717, 1.165) is 0 Å². The molecule has 28 heavy (non-hydrogen) atoms. The SMILES string of the molecule is CN(CC(=O)O)CC1CN(C(=O)c2cc3c(cc2[N+](=O)[O-])OCCO3)CCO1. The van der Waals surface area contributed by atoms with Gasteiger partial charge >= 0.3 is 5.97 Å². The summed E-state index contributed by atoms with van der Waals surface area (Å²) in [6.45, 7) is 1.49. The van der Waals surface area contributed by atoms with Crippen molar-refractivity contribution in [3.05, 3.63) is 27.8 Å². The van der Waals surface area contributed by atoms with Crippen molar-refractivity contribution in [3.63, 3.8) is 0 Å². The van der Waals surface area contributed by atoms with E-state index in [9.17, 15) is 19.7 Å². The molecule has 0 radical (unpaired) electrons. The quantitative estimate of drug-likeness (QED) is 0.531. The molecule has 0 bridgehead atoms. The Labute approximate surface area is 160 Å². The van der Waals surface area contributed by atoms with Gasteiger partial charge in [0.1, 0.15) is 18.8 Å². The molecule has 1 unspecified atom stereocenters. The van der Waals surface area contributed by atoms with E-state index in [4.69, 9.17) is 19.3 Å². The summed E-state index contributed by atoms with van der Waals surface area (Å²) < 4.78 is 16.4. The minimum Gasteiger partial charge on any atom is -0.486 e. The molecule has 11 heteroatoms. The lowest BCUT2D eigenvalue weighted by atomic mass is 10.1. The van der Waals surface area contributed by atoms with E-state index in [1.807, 2.05) is 0 Å². The first kappa shape index (κ1) is 19.8. The van der Waals surface area contributed by atoms with Crippen LogP contribution >= 0.6 is 0 Å². The average Bonchev–Trinajstić information content (AvgIpc) is 2.65. The highest BCUT2D eigenvalue weighted by Gasteiger charge is 2.32. The van der Waals surface area contributed by atoms with Crippen LogP contribution in [0.3, 0.4) is 0 Å². The number of nitro benzene ring substituents is 1. The standard InChI is InChI=1S/C17H21N3O8/c1-18(10-16(21)22)8-11-9-19(2-3-26-11)17(23)12-6-14-15(28-5-4-27-14)7-13(12)20(24)25/h6-7,11H,2-5,8-10H2,1H3,(H,21,22). The maximum atomic E-state index is 13.0. The molecule has 2 aliphatic heterocycles. The van der Waals surface area contributed by atoms with E-state index >= 15 is 0 Å². The molecule has 152 valence electrons. The fourth-order valence-corrected chi connectivity index (χ4v) is 3.23. The molecule has 1 atom stereocenters. The molecule has 1 saturated heterocycles. The Hall–Kier alpha value is -2.92. The number of aliphatic carboxylic acids is 1. The number of rotatable bonds is 6. The predicted octanol–water partition coefficient (Wildman–Crippen LogP) is 0.223. The van der Waals surface area contributed by atoms with Gasteiger partial charge in [-0.2, -0.15) is 0 Å². The van der Waals surface area contributed by atoms with Crippen molar-refractivity contribution in [2.75, 3.05) is 53.0 Å². The monoisotopic (exact) mass is 395 g/mol. The number of carbonyl (C=O) groups excluding carboxylic acids is 1. The predicted molar refractivity (Wildman–Crippen MR) is 94.9 cm³/mol. The zero-order chi connectivity index (χ0) is 20.3. The Kier molecular flexibility index (Phi) is 5.95. The van der Waals surface area contributed by atoms with Crippen LogP contribution < -0.4 is 9.47 Å². The van der Waals surface area contributed by atoms with Crippen LogP contribution in [0.1, 0.15) is 10.4 Å². The number of carbonyl (C=O) groups is 2. The molecule has 2 aliphatic rings. The number of carboxylic acids is 1.